The first-order valence-corrected chi connectivity index (χ1v) is 12.9. The minimum absolute atomic E-state index is 0.139. The van der Waals surface area contributed by atoms with Crippen LogP contribution < -0.4 is 16.0 Å². The van der Waals surface area contributed by atoms with Gasteiger partial charge in [0.15, 0.2) is 0 Å². The van der Waals surface area contributed by atoms with Crippen molar-refractivity contribution in [3.05, 3.63) is 94.0 Å². The van der Waals surface area contributed by atoms with Crippen LogP contribution in [0.4, 0.5) is 11.4 Å². The van der Waals surface area contributed by atoms with Crippen LogP contribution in [0.5, 0.6) is 0 Å². The van der Waals surface area contributed by atoms with E-state index >= 15 is 0 Å². The normalized spacial score (nSPS) is 15.0. The summed E-state index contributed by atoms with van der Waals surface area (Å²) in [5.41, 5.74) is 7.19. The Bertz CT molecular complexity index is 1250. The minimum atomic E-state index is -0.219. The van der Waals surface area contributed by atoms with Gasteiger partial charge in [-0.3, -0.25) is 9.59 Å². The van der Waals surface area contributed by atoms with Crippen LogP contribution in [0, 0.1) is 6.92 Å². The number of carbonyl (C=O) groups is 2. The van der Waals surface area contributed by atoms with Crippen LogP contribution in [0.15, 0.2) is 60.7 Å². The van der Waals surface area contributed by atoms with Crippen molar-refractivity contribution < 1.29 is 9.59 Å². The number of nitrogens with zero attached hydrogens (tertiary/aromatic N) is 1. The lowest BCUT2D eigenvalue weighted by molar-refractivity contribution is 0.0966. The van der Waals surface area contributed by atoms with Gasteiger partial charge in [0.2, 0.25) is 0 Å². The molecule has 0 spiro atoms. The van der Waals surface area contributed by atoms with Crippen LogP contribution in [0.25, 0.3) is 0 Å². The number of aryl methyl sites for hydroxylation is 1. The molecule has 6 heteroatoms. The molecule has 3 aromatic carbocycles. The fourth-order valence-electron chi connectivity index (χ4n) is 5.20. The van der Waals surface area contributed by atoms with Gasteiger partial charge in [-0.25, -0.2) is 0 Å². The third-order valence-electron chi connectivity index (χ3n) is 7.11. The quantitative estimate of drug-likeness (QED) is 0.376. The average Bonchev–Trinajstić information content (AvgIpc) is 3.54. The Morgan fingerprint density at radius 2 is 1.83 bits per heavy atom. The predicted molar refractivity (Wildman–Crippen MR) is 145 cm³/mol. The van der Waals surface area contributed by atoms with E-state index in [1.807, 2.05) is 36.4 Å². The van der Waals surface area contributed by atoms with Crippen LogP contribution in [0.2, 0.25) is 0 Å². The molecule has 36 heavy (non-hydrogen) atoms. The van der Waals surface area contributed by atoms with E-state index in [9.17, 15) is 9.59 Å². The van der Waals surface area contributed by atoms with Gasteiger partial charge in [-0.05, 0) is 99.3 Å². The SMILES string of the molecule is Cc1cccc(Cc2ccc(NC(=O)c3ccc(NCCCN4CCCC4)cc3)c3c2CNC3=O)c1. The van der Waals surface area contributed by atoms with E-state index in [0.717, 1.165) is 42.7 Å². The van der Waals surface area contributed by atoms with Gasteiger partial charge >= 0.3 is 0 Å². The van der Waals surface area contributed by atoms with Crippen LogP contribution in [0.1, 0.15) is 62.2 Å². The number of anilines is 2. The van der Waals surface area contributed by atoms with E-state index in [0.29, 0.717) is 23.4 Å². The molecule has 5 rings (SSSR count). The molecule has 0 bridgehead atoms. The second-order valence-corrected chi connectivity index (χ2v) is 9.83. The molecular formula is C30H34N4O2. The highest BCUT2D eigenvalue weighted by Gasteiger charge is 2.26. The molecule has 2 aliphatic heterocycles. The first-order valence-electron chi connectivity index (χ1n) is 12.9. The average molecular weight is 483 g/mol. The van der Waals surface area contributed by atoms with Crippen molar-refractivity contribution in [1.82, 2.24) is 10.2 Å². The molecule has 2 aliphatic rings. The Balaban J connectivity index is 1.22. The van der Waals surface area contributed by atoms with Crippen LogP contribution in [-0.4, -0.2) is 42.9 Å². The molecule has 0 radical (unpaired) electrons. The summed E-state index contributed by atoms with van der Waals surface area (Å²) in [5.74, 6) is -0.358. The van der Waals surface area contributed by atoms with E-state index in [2.05, 4.69) is 52.0 Å². The Labute approximate surface area is 213 Å². The molecule has 2 heterocycles. The number of hydrogen-bond acceptors (Lipinski definition) is 4. The van der Waals surface area contributed by atoms with E-state index < -0.39 is 0 Å². The summed E-state index contributed by atoms with van der Waals surface area (Å²) >= 11 is 0. The Morgan fingerprint density at radius 1 is 1.03 bits per heavy atom. The highest BCUT2D eigenvalue weighted by molar-refractivity contribution is 6.10. The zero-order chi connectivity index (χ0) is 24.9. The van der Waals surface area contributed by atoms with Gasteiger partial charge < -0.3 is 20.9 Å². The van der Waals surface area contributed by atoms with Crippen molar-refractivity contribution in [1.29, 1.82) is 0 Å². The Hall–Kier alpha value is -3.64. The number of carbonyl (C=O) groups excluding carboxylic acids is 2. The van der Waals surface area contributed by atoms with Gasteiger partial charge in [-0.15, -0.1) is 0 Å². The molecule has 0 saturated carbocycles. The summed E-state index contributed by atoms with van der Waals surface area (Å²) in [6.07, 6.45) is 4.50. The highest BCUT2D eigenvalue weighted by Crippen LogP contribution is 2.30. The van der Waals surface area contributed by atoms with Gasteiger partial charge in [0, 0.05) is 24.3 Å². The second-order valence-electron chi connectivity index (χ2n) is 9.83. The summed E-state index contributed by atoms with van der Waals surface area (Å²) in [6.45, 7) is 7.06. The van der Waals surface area contributed by atoms with Crippen molar-refractivity contribution in [2.75, 3.05) is 36.8 Å². The fraction of sp³-hybridized carbons (Fsp3) is 0.333. The molecule has 1 fully saturated rings. The predicted octanol–water partition coefficient (Wildman–Crippen LogP) is 4.98. The van der Waals surface area contributed by atoms with Gasteiger partial charge in [-0.2, -0.15) is 0 Å². The number of likely N-dealkylation sites (tertiary alicyclic amines) is 1. The Morgan fingerprint density at radius 3 is 2.61 bits per heavy atom. The van der Waals surface area contributed by atoms with E-state index in [-0.39, 0.29) is 11.8 Å². The molecule has 0 atom stereocenters. The zero-order valence-corrected chi connectivity index (χ0v) is 20.9. The minimum Gasteiger partial charge on any atom is -0.385 e. The highest BCUT2D eigenvalue weighted by atomic mass is 16.2. The molecule has 1 saturated heterocycles. The molecule has 0 aliphatic carbocycles. The monoisotopic (exact) mass is 482 g/mol. The molecule has 3 N–H and O–H groups in total. The molecule has 2 amide bonds. The zero-order valence-electron chi connectivity index (χ0n) is 20.9. The number of fused-ring (bicyclic) bond motifs is 1. The summed E-state index contributed by atoms with van der Waals surface area (Å²) in [6, 6.07) is 19.8. The maximum atomic E-state index is 13.0. The van der Waals surface area contributed by atoms with Crippen LogP contribution in [-0.2, 0) is 13.0 Å². The lowest BCUT2D eigenvalue weighted by Crippen LogP contribution is -2.22. The molecule has 6 nitrogen and oxygen atoms in total. The smallest absolute Gasteiger partial charge is 0.255 e. The molecule has 186 valence electrons. The number of hydrogen-bond donors (Lipinski definition) is 3. The second kappa shape index (κ2) is 11.0. The first kappa shape index (κ1) is 24.1. The van der Waals surface area contributed by atoms with Gasteiger partial charge in [0.1, 0.15) is 0 Å². The lowest BCUT2D eigenvalue weighted by atomic mass is 9.95. The third kappa shape index (κ3) is 5.60. The number of amides is 2. The van der Waals surface area contributed by atoms with E-state index in [1.165, 1.54) is 37.1 Å². The summed E-state index contributed by atoms with van der Waals surface area (Å²) in [5, 5.41) is 9.33. The van der Waals surface area contributed by atoms with Crippen molar-refractivity contribution in [3.63, 3.8) is 0 Å². The standard InChI is InChI=1S/C30H34N4O2/c1-21-6-4-7-22(18-21)19-24-10-13-27(28-26(24)20-32-30(28)36)33-29(35)23-8-11-25(12-9-23)31-14-5-17-34-15-2-3-16-34/h4,6-13,18,31H,2-3,5,14-17,19-20H2,1H3,(H,32,36)(H,33,35). The van der Waals surface area contributed by atoms with Crippen molar-refractivity contribution in [3.8, 4) is 0 Å². The largest absolute Gasteiger partial charge is 0.385 e. The van der Waals surface area contributed by atoms with Gasteiger partial charge in [-0.1, -0.05) is 35.9 Å². The van der Waals surface area contributed by atoms with Crippen molar-refractivity contribution in [2.45, 2.75) is 39.2 Å². The molecule has 3 aromatic rings. The molecule has 0 unspecified atom stereocenters. The molecular weight excluding hydrogens is 448 g/mol. The van der Waals surface area contributed by atoms with E-state index in [1.54, 1.807) is 0 Å². The summed E-state index contributed by atoms with van der Waals surface area (Å²) in [4.78, 5) is 28.1. The van der Waals surface area contributed by atoms with Crippen molar-refractivity contribution >= 4 is 23.2 Å². The summed E-state index contributed by atoms with van der Waals surface area (Å²) in [7, 11) is 0. The van der Waals surface area contributed by atoms with Crippen LogP contribution in [0.3, 0.4) is 0 Å². The maximum Gasteiger partial charge on any atom is 0.255 e. The van der Waals surface area contributed by atoms with Crippen LogP contribution >= 0.6 is 0 Å². The van der Waals surface area contributed by atoms with Gasteiger partial charge in [0.25, 0.3) is 11.8 Å². The lowest BCUT2D eigenvalue weighted by Gasteiger charge is -2.15. The number of benzene rings is 3. The number of rotatable bonds is 9. The van der Waals surface area contributed by atoms with Gasteiger partial charge in [0.05, 0.1) is 11.3 Å². The fourth-order valence-corrected chi connectivity index (χ4v) is 5.20. The van der Waals surface area contributed by atoms with Crippen molar-refractivity contribution in [2.24, 2.45) is 0 Å². The third-order valence-corrected chi connectivity index (χ3v) is 7.11. The first-order chi connectivity index (χ1) is 17.6. The Kier molecular flexibility index (Phi) is 7.33. The summed E-state index contributed by atoms with van der Waals surface area (Å²) < 4.78 is 0. The molecule has 0 aromatic heterocycles. The topological polar surface area (TPSA) is 73.5 Å². The number of nitrogens with one attached hydrogen (secondary N) is 3. The van der Waals surface area contributed by atoms with E-state index in [4.69, 9.17) is 0 Å². The maximum absolute atomic E-state index is 13.0.